The van der Waals surface area contributed by atoms with Crippen LogP contribution >= 0.6 is 11.3 Å². The first kappa shape index (κ1) is 18.9. The van der Waals surface area contributed by atoms with E-state index >= 15 is 0 Å². The van der Waals surface area contributed by atoms with Crippen LogP contribution in [0.5, 0.6) is 5.75 Å². The molecule has 0 radical (unpaired) electrons. The van der Waals surface area contributed by atoms with Crippen LogP contribution in [0.4, 0.5) is 0 Å². The van der Waals surface area contributed by atoms with Crippen LogP contribution in [-0.2, 0) is 10.0 Å². The molecule has 0 aliphatic carbocycles. The Hall–Kier alpha value is -1.41. The van der Waals surface area contributed by atoms with E-state index in [4.69, 9.17) is 4.74 Å². The second-order valence-electron chi connectivity index (χ2n) is 6.01. The van der Waals surface area contributed by atoms with Gasteiger partial charge in [0.25, 0.3) is 0 Å². The van der Waals surface area contributed by atoms with Crippen LogP contribution in [0.2, 0.25) is 0 Å². The summed E-state index contributed by atoms with van der Waals surface area (Å²) >= 11 is 1.41. The van der Waals surface area contributed by atoms with Gasteiger partial charge in [-0.25, -0.2) is 13.1 Å². The SMILES string of the molecule is Cc1ccsc1[C@H](O)CNS(=O)(=O)c1ccc(OCC(C)C)cc1. The number of hydrogen-bond donors (Lipinski definition) is 2. The average molecular weight is 370 g/mol. The molecule has 1 aromatic carbocycles. The van der Waals surface area contributed by atoms with E-state index in [9.17, 15) is 13.5 Å². The first-order valence-corrected chi connectivity index (χ1v) is 10.1. The normalized spacial score (nSPS) is 13.2. The molecule has 2 N–H and O–H groups in total. The molecule has 0 bridgehead atoms. The first-order chi connectivity index (χ1) is 11.3. The van der Waals surface area contributed by atoms with E-state index in [0.717, 1.165) is 10.4 Å². The Balaban J connectivity index is 1.98. The maximum absolute atomic E-state index is 12.3. The van der Waals surface area contributed by atoms with Gasteiger partial charge in [0.2, 0.25) is 10.0 Å². The van der Waals surface area contributed by atoms with Crippen molar-refractivity contribution in [1.82, 2.24) is 4.72 Å². The van der Waals surface area contributed by atoms with Crippen molar-refractivity contribution in [2.75, 3.05) is 13.2 Å². The predicted molar refractivity (Wildman–Crippen MR) is 96.0 cm³/mol. The molecule has 0 saturated heterocycles. The lowest BCUT2D eigenvalue weighted by Gasteiger charge is -2.13. The zero-order valence-corrected chi connectivity index (χ0v) is 15.7. The van der Waals surface area contributed by atoms with Crippen molar-refractivity contribution in [1.29, 1.82) is 0 Å². The first-order valence-electron chi connectivity index (χ1n) is 7.74. The summed E-state index contributed by atoms with van der Waals surface area (Å²) in [6, 6.07) is 8.17. The molecule has 5 nitrogen and oxygen atoms in total. The number of nitrogens with one attached hydrogen (secondary N) is 1. The highest BCUT2D eigenvalue weighted by Gasteiger charge is 2.18. The van der Waals surface area contributed by atoms with Gasteiger partial charge in [0.1, 0.15) is 11.9 Å². The van der Waals surface area contributed by atoms with Crippen molar-refractivity contribution >= 4 is 21.4 Å². The van der Waals surface area contributed by atoms with E-state index in [2.05, 4.69) is 4.72 Å². The molecule has 0 saturated carbocycles. The summed E-state index contributed by atoms with van der Waals surface area (Å²) in [7, 11) is -3.67. The molecule has 2 rings (SSSR count). The number of ether oxygens (including phenoxy) is 1. The minimum Gasteiger partial charge on any atom is -0.493 e. The molecule has 0 aliphatic rings. The molecule has 1 atom stereocenters. The summed E-state index contributed by atoms with van der Waals surface area (Å²) in [6.45, 7) is 6.50. The van der Waals surface area contributed by atoms with Gasteiger partial charge in [-0.1, -0.05) is 13.8 Å². The molecule has 0 fully saturated rings. The summed E-state index contributed by atoms with van der Waals surface area (Å²) in [5.74, 6) is 1.04. The van der Waals surface area contributed by atoms with Gasteiger partial charge in [-0.3, -0.25) is 0 Å². The topological polar surface area (TPSA) is 75.6 Å². The second kappa shape index (κ2) is 8.11. The predicted octanol–water partition coefficient (Wildman–Crippen LogP) is 3.10. The fourth-order valence-electron chi connectivity index (χ4n) is 2.07. The number of thiophene rings is 1. The van der Waals surface area contributed by atoms with E-state index in [1.54, 1.807) is 12.1 Å². The van der Waals surface area contributed by atoms with E-state index < -0.39 is 16.1 Å². The van der Waals surface area contributed by atoms with Gasteiger partial charge in [-0.15, -0.1) is 11.3 Å². The monoisotopic (exact) mass is 369 g/mol. The fraction of sp³-hybridized carbons (Fsp3) is 0.412. The fourth-order valence-corrected chi connectivity index (χ4v) is 4.02. The molecule has 7 heteroatoms. The number of benzene rings is 1. The number of rotatable bonds is 8. The van der Waals surface area contributed by atoms with Gasteiger partial charge in [0, 0.05) is 11.4 Å². The van der Waals surface area contributed by atoms with Gasteiger partial charge in [-0.2, -0.15) is 0 Å². The summed E-state index contributed by atoms with van der Waals surface area (Å²) in [5.41, 5.74) is 0.957. The van der Waals surface area contributed by atoms with Crippen LogP contribution in [-0.4, -0.2) is 26.7 Å². The van der Waals surface area contributed by atoms with Crippen LogP contribution < -0.4 is 9.46 Å². The standard InChI is InChI=1S/C17H23NO4S2/c1-12(2)11-22-14-4-6-15(7-5-14)24(20,21)18-10-16(19)17-13(3)8-9-23-17/h4-9,12,16,18-19H,10-11H2,1-3H3/t16-/m1/s1. The van der Waals surface area contributed by atoms with Crippen molar-refractivity contribution in [3.8, 4) is 5.75 Å². The summed E-state index contributed by atoms with van der Waals surface area (Å²) < 4.78 is 32.6. The molecule has 132 valence electrons. The van der Waals surface area contributed by atoms with Gasteiger partial charge >= 0.3 is 0 Å². The molecule has 24 heavy (non-hydrogen) atoms. The zero-order valence-electron chi connectivity index (χ0n) is 14.0. The second-order valence-corrected chi connectivity index (χ2v) is 8.73. The summed E-state index contributed by atoms with van der Waals surface area (Å²) in [4.78, 5) is 0.921. The minimum absolute atomic E-state index is 0.0602. The van der Waals surface area contributed by atoms with Crippen LogP contribution in [0.25, 0.3) is 0 Å². The molecule has 1 aromatic heterocycles. The third kappa shape index (κ3) is 5.04. The van der Waals surface area contributed by atoms with Crippen LogP contribution in [0.3, 0.4) is 0 Å². The molecule has 2 aromatic rings. The molecule has 0 amide bonds. The van der Waals surface area contributed by atoms with Crippen molar-refractivity contribution in [3.05, 3.63) is 46.2 Å². The van der Waals surface area contributed by atoms with Crippen molar-refractivity contribution in [2.24, 2.45) is 5.92 Å². The van der Waals surface area contributed by atoms with Gasteiger partial charge in [-0.05, 0) is 54.1 Å². The van der Waals surface area contributed by atoms with Crippen LogP contribution in [0.1, 0.15) is 30.4 Å². The number of aliphatic hydroxyl groups is 1. The van der Waals surface area contributed by atoms with E-state index in [0.29, 0.717) is 18.3 Å². The number of aryl methyl sites for hydroxylation is 1. The molecular formula is C17H23NO4S2. The largest absolute Gasteiger partial charge is 0.493 e. The highest BCUT2D eigenvalue weighted by Crippen LogP contribution is 2.24. The Morgan fingerprint density at radius 2 is 1.88 bits per heavy atom. The highest BCUT2D eigenvalue weighted by atomic mass is 32.2. The van der Waals surface area contributed by atoms with Crippen molar-refractivity contribution in [2.45, 2.75) is 31.8 Å². The summed E-state index contributed by atoms with van der Waals surface area (Å²) in [6.07, 6.45) is -0.853. The van der Waals surface area contributed by atoms with E-state index in [-0.39, 0.29) is 11.4 Å². The third-order valence-electron chi connectivity index (χ3n) is 3.39. The Morgan fingerprint density at radius 3 is 2.42 bits per heavy atom. The van der Waals surface area contributed by atoms with Crippen molar-refractivity contribution < 1.29 is 18.3 Å². The number of hydrogen-bond acceptors (Lipinski definition) is 5. The van der Waals surface area contributed by atoms with E-state index in [1.165, 1.54) is 23.5 Å². The minimum atomic E-state index is -3.67. The quantitative estimate of drug-likeness (QED) is 0.750. The van der Waals surface area contributed by atoms with Crippen LogP contribution in [0.15, 0.2) is 40.6 Å². The highest BCUT2D eigenvalue weighted by molar-refractivity contribution is 7.89. The lowest BCUT2D eigenvalue weighted by molar-refractivity contribution is 0.185. The number of aliphatic hydroxyl groups excluding tert-OH is 1. The molecule has 0 spiro atoms. The van der Waals surface area contributed by atoms with E-state index in [1.807, 2.05) is 32.2 Å². The molecule has 0 aliphatic heterocycles. The average Bonchev–Trinajstić information content (AvgIpc) is 2.97. The number of sulfonamides is 1. The third-order valence-corrected chi connectivity index (χ3v) is 5.95. The Kier molecular flexibility index (Phi) is 6.40. The Labute approximate surface area is 147 Å². The molecule has 0 unspecified atom stereocenters. The molecule has 1 heterocycles. The Bertz CT molecular complexity index is 751. The lowest BCUT2D eigenvalue weighted by atomic mass is 10.2. The maximum Gasteiger partial charge on any atom is 0.240 e. The van der Waals surface area contributed by atoms with Gasteiger partial charge in [0.15, 0.2) is 0 Å². The smallest absolute Gasteiger partial charge is 0.240 e. The zero-order chi connectivity index (χ0) is 17.7. The van der Waals surface area contributed by atoms with Gasteiger partial charge < -0.3 is 9.84 Å². The summed E-state index contributed by atoms with van der Waals surface area (Å²) in [5, 5.41) is 12.0. The van der Waals surface area contributed by atoms with Crippen LogP contribution in [0, 0.1) is 12.8 Å². The van der Waals surface area contributed by atoms with Crippen molar-refractivity contribution in [3.63, 3.8) is 0 Å². The lowest BCUT2D eigenvalue weighted by Crippen LogP contribution is -2.28. The maximum atomic E-state index is 12.3. The molecular weight excluding hydrogens is 346 g/mol. The Morgan fingerprint density at radius 1 is 1.21 bits per heavy atom. The van der Waals surface area contributed by atoms with Gasteiger partial charge in [0.05, 0.1) is 11.5 Å².